The molecule has 4 heteroatoms. The topological polar surface area (TPSA) is 43.8 Å². The Morgan fingerprint density at radius 1 is 1.53 bits per heavy atom. The highest BCUT2D eigenvalue weighted by molar-refractivity contribution is 7.98. The molecule has 82 valence electrons. The molecule has 0 bridgehead atoms. The number of hydrogen-bond acceptors (Lipinski definition) is 3. The van der Waals surface area contributed by atoms with Crippen molar-refractivity contribution >= 4 is 11.8 Å². The van der Waals surface area contributed by atoms with Crippen LogP contribution < -0.4 is 5.73 Å². The van der Waals surface area contributed by atoms with Crippen LogP contribution in [0.25, 0.3) is 0 Å². The molecule has 1 aliphatic heterocycles. The first-order valence-electron chi connectivity index (χ1n) is 5.67. The van der Waals surface area contributed by atoms with Crippen molar-refractivity contribution in [2.75, 3.05) is 5.75 Å². The van der Waals surface area contributed by atoms with Gasteiger partial charge in [-0.2, -0.15) is 11.8 Å². The monoisotopic (exact) mass is 223 g/mol. The fourth-order valence-electron chi connectivity index (χ4n) is 2.06. The van der Waals surface area contributed by atoms with E-state index < -0.39 is 0 Å². The zero-order valence-corrected chi connectivity index (χ0v) is 9.72. The Hall–Kier alpha value is -0.480. The number of aromatic nitrogens is 2. The van der Waals surface area contributed by atoms with Crippen LogP contribution in [0.3, 0.4) is 0 Å². The second-order valence-corrected chi connectivity index (χ2v) is 5.86. The van der Waals surface area contributed by atoms with E-state index in [4.69, 9.17) is 5.73 Å². The molecule has 0 amide bonds. The van der Waals surface area contributed by atoms with Crippen LogP contribution in [-0.4, -0.2) is 20.8 Å². The minimum absolute atomic E-state index is 0.166. The smallest absolute Gasteiger partial charge is 0.119 e. The lowest BCUT2D eigenvalue weighted by molar-refractivity contribution is 0.604. The highest BCUT2D eigenvalue weighted by Crippen LogP contribution is 2.36. The average molecular weight is 223 g/mol. The van der Waals surface area contributed by atoms with Gasteiger partial charge in [-0.15, -0.1) is 0 Å². The summed E-state index contributed by atoms with van der Waals surface area (Å²) >= 11 is 1.98. The molecule has 2 aliphatic rings. The van der Waals surface area contributed by atoms with Crippen LogP contribution in [0.5, 0.6) is 0 Å². The Kier molecular flexibility index (Phi) is 2.29. The first-order valence-corrected chi connectivity index (χ1v) is 6.82. The van der Waals surface area contributed by atoms with Gasteiger partial charge in [0.2, 0.25) is 0 Å². The molecule has 0 spiro atoms. The number of hydrogen-bond donors (Lipinski definition) is 1. The molecule has 2 heterocycles. The number of rotatable bonds is 3. The van der Waals surface area contributed by atoms with Gasteiger partial charge in [0, 0.05) is 24.0 Å². The minimum atomic E-state index is 0.166. The summed E-state index contributed by atoms with van der Waals surface area (Å²) in [4.78, 5) is 4.67. The highest BCUT2D eigenvalue weighted by Gasteiger charge is 2.37. The molecular formula is C11H17N3S. The first-order chi connectivity index (χ1) is 7.25. The number of imidazole rings is 1. The third kappa shape index (κ3) is 2.06. The predicted molar refractivity (Wildman–Crippen MR) is 62.9 cm³/mol. The molecule has 1 aliphatic carbocycles. The molecule has 0 saturated heterocycles. The lowest BCUT2D eigenvalue weighted by Crippen LogP contribution is -2.22. The van der Waals surface area contributed by atoms with Gasteiger partial charge in [-0.3, -0.25) is 0 Å². The first kappa shape index (κ1) is 9.73. The van der Waals surface area contributed by atoms with Crippen LogP contribution in [0.2, 0.25) is 0 Å². The second-order valence-electron chi connectivity index (χ2n) is 4.76. The van der Waals surface area contributed by atoms with Crippen molar-refractivity contribution in [1.29, 1.82) is 0 Å². The summed E-state index contributed by atoms with van der Waals surface area (Å²) in [5.74, 6) is 3.56. The van der Waals surface area contributed by atoms with Gasteiger partial charge in [-0.05, 0) is 25.7 Å². The molecule has 1 fully saturated rings. The van der Waals surface area contributed by atoms with E-state index in [0.29, 0.717) is 0 Å². The van der Waals surface area contributed by atoms with Crippen molar-refractivity contribution in [1.82, 2.24) is 9.55 Å². The fourth-order valence-corrected chi connectivity index (χ4v) is 2.94. The summed E-state index contributed by atoms with van der Waals surface area (Å²) in [6.45, 7) is 1.13. The van der Waals surface area contributed by atoms with Crippen molar-refractivity contribution in [3.05, 3.63) is 17.7 Å². The normalized spacial score (nSPS) is 22.5. The Morgan fingerprint density at radius 2 is 2.40 bits per heavy atom. The molecule has 2 N–H and O–H groups in total. The Morgan fingerprint density at radius 3 is 3.13 bits per heavy atom. The highest BCUT2D eigenvalue weighted by atomic mass is 32.2. The lowest BCUT2D eigenvalue weighted by atomic mass is 10.1. The Balaban J connectivity index is 1.67. The number of nitrogens with two attached hydrogens (primary N) is 1. The van der Waals surface area contributed by atoms with Gasteiger partial charge < -0.3 is 10.3 Å². The van der Waals surface area contributed by atoms with E-state index >= 15 is 0 Å². The van der Waals surface area contributed by atoms with E-state index in [2.05, 4.69) is 15.7 Å². The van der Waals surface area contributed by atoms with Crippen molar-refractivity contribution in [3.8, 4) is 0 Å². The molecule has 0 unspecified atom stereocenters. The molecular weight excluding hydrogens is 206 g/mol. The Labute approximate surface area is 94.4 Å². The van der Waals surface area contributed by atoms with Crippen LogP contribution in [0.4, 0.5) is 0 Å². The third-order valence-corrected chi connectivity index (χ3v) is 4.32. The third-order valence-electron chi connectivity index (χ3n) is 3.39. The molecule has 3 rings (SSSR count). The molecule has 0 radical (unpaired) electrons. The standard InChI is InChI=1S/C11H17N3S/c12-11(3-4-11)2-1-9-7-14-5-6-15-8-10(14)13-9/h7H,1-6,8,12H2. The van der Waals surface area contributed by atoms with Crippen molar-refractivity contribution in [2.45, 2.75) is 43.5 Å². The van der Waals surface area contributed by atoms with Crippen LogP contribution in [0.15, 0.2) is 6.20 Å². The van der Waals surface area contributed by atoms with E-state index in [9.17, 15) is 0 Å². The zero-order valence-electron chi connectivity index (χ0n) is 8.91. The molecule has 0 aromatic carbocycles. The number of nitrogens with zero attached hydrogens (tertiary/aromatic N) is 2. The fraction of sp³-hybridized carbons (Fsp3) is 0.727. The van der Waals surface area contributed by atoms with Gasteiger partial charge >= 0.3 is 0 Å². The lowest BCUT2D eigenvalue weighted by Gasteiger charge is -2.11. The predicted octanol–water partition coefficient (Wildman–Crippen LogP) is 1.55. The zero-order chi connectivity index (χ0) is 10.3. The molecule has 1 aromatic heterocycles. The van der Waals surface area contributed by atoms with Gasteiger partial charge in [0.15, 0.2) is 0 Å². The van der Waals surface area contributed by atoms with Crippen LogP contribution in [0, 0.1) is 0 Å². The molecule has 3 nitrogen and oxygen atoms in total. The van der Waals surface area contributed by atoms with Gasteiger partial charge in [0.05, 0.1) is 11.4 Å². The van der Waals surface area contributed by atoms with Gasteiger partial charge in [-0.1, -0.05) is 0 Å². The van der Waals surface area contributed by atoms with Gasteiger partial charge in [0.1, 0.15) is 5.82 Å². The molecule has 1 saturated carbocycles. The second kappa shape index (κ2) is 3.52. The summed E-state index contributed by atoms with van der Waals surface area (Å²) in [7, 11) is 0. The van der Waals surface area contributed by atoms with E-state index in [1.165, 1.54) is 30.1 Å². The average Bonchev–Trinajstić information content (AvgIpc) is 2.83. The largest absolute Gasteiger partial charge is 0.333 e. The summed E-state index contributed by atoms with van der Waals surface area (Å²) in [6.07, 6.45) is 6.80. The number of fused-ring (bicyclic) bond motifs is 1. The van der Waals surface area contributed by atoms with E-state index in [1.807, 2.05) is 11.8 Å². The molecule has 0 atom stereocenters. The SMILES string of the molecule is NC1(CCc2cn3c(n2)CSCC3)CC1. The summed E-state index contributed by atoms with van der Waals surface area (Å²) in [5.41, 5.74) is 7.48. The quantitative estimate of drug-likeness (QED) is 0.845. The molecule has 1 aromatic rings. The molecule has 15 heavy (non-hydrogen) atoms. The summed E-state index contributed by atoms with van der Waals surface area (Å²) in [6, 6.07) is 0. The van der Waals surface area contributed by atoms with Crippen LogP contribution in [0.1, 0.15) is 30.8 Å². The van der Waals surface area contributed by atoms with E-state index in [-0.39, 0.29) is 5.54 Å². The maximum atomic E-state index is 6.08. The minimum Gasteiger partial charge on any atom is -0.333 e. The van der Waals surface area contributed by atoms with Gasteiger partial charge in [0.25, 0.3) is 0 Å². The van der Waals surface area contributed by atoms with E-state index in [0.717, 1.165) is 25.1 Å². The summed E-state index contributed by atoms with van der Waals surface area (Å²) in [5, 5.41) is 0. The van der Waals surface area contributed by atoms with Crippen LogP contribution >= 0.6 is 11.8 Å². The van der Waals surface area contributed by atoms with E-state index in [1.54, 1.807) is 0 Å². The Bertz CT molecular complexity index is 344. The van der Waals surface area contributed by atoms with Crippen molar-refractivity contribution < 1.29 is 0 Å². The summed E-state index contributed by atoms with van der Waals surface area (Å²) < 4.78 is 2.31. The van der Waals surface area contributed by atoms with Crippen molar-refractivity contribution in [3.63, 3.8) is 0 Å². The maximum Gasteiger partial charge on any atom is 0.119 e. The van der Waals surface area contributed by atoms with Crippen LogP contribution in [-0.2, 0) is 18.7 Å². The maximum absolute atomic E-state index is 6.08. The number of aryl methyl sites for hydroxylation is 2. The van der Waals surface area contributed by atoms with Crippen molar-refractivity contribution in [2.24, 2.45) is 5.73 Å². The van der Waals surface area contributed by atoms with Gasteiger partial charge in [-0.25, -0.2) is 4.98 Å². The number of thioether (sulfide) groups is 1.